The van der Waals surface area contributed by atoms with Gasteiger partial charge in [0.15, 0.2) is 0 Å². The van der Waals surface area contributed by atoms with E-state index in [1.54, 1.807) is 0 Å². The van der Waals surface area contributed by atoms with Crippen molar-refractivity contribution in [1.29, 1.82) is 0 Å². The van der Waals surface area contributed by atoms with Crippen LogP contribution in [0.2, 0.25) is 0 Å². The zero-order valence-electron chi connectivity index (χ0n) is 11.1. The highest BCUT2D eigenvalue weighted by atomic mass is 15.1. The van der Waals surface area contributed by atoms with Crippen LogP contribution >= 0.6 is 0 Å². The second-order valence-electron chi connectivity index (χ2n) is 4.67. The maximum atomic E-state index is 5.66. The monoisotopic (exact) mass is 264 g/mol. The molecule has 0 atom stereocenters. The van der Waals surface area contributed by atoms with Gasteiger partial charge in [-0.1, -0.05) is 30.3 Å². The maximum Gasteiger partial charge on any atom is 0.223 e. The number of para-hydroxylation sites is 1. The van der Waals surface area contributed by atoms with Gasteiger partial charge in [-0.3, -0.25) is 0 Å². The van der Waals surface area contributed by atoms with Gasteiger partial charge in [-0.05, 0) is 30.2 Å². The predicted octanol–water partition coefficient (Wildman–Crippen LogP) is 2.87. The van der Waals surface area contributed by atoms with E-state index in [0.29, 0.717) is 5.95 Å². The van der Waals surface area contributed by atoms with Gasteiger partial charge in [0.05, 0.1) is 5.52 Å². The number of nitrogens with one attached hydrogen (secondary N) is 1. The first-order valence-electron chi connectivity index (χ1n) is 6.61. The van der Waals surface area contributed by atoms with Crippen molar-refractivity contribution in [2.24, 2.45) is 0 Å². The summed E-state index contributed by atoms with van der Waals surface area (Å²) in [6.07, 6.45) is 2.75. The first-order chi connectivity index (χ1) is 9.81. The van der Waals surface area contributed by atoms with E-state index in [2.05, 4.69) is 15.3 Å². The number of hydrogen-bond donors (Lipinski definition) is 2. The van der Waals surface area contributed by atoms with Crippen LogP contribution in [-0.4, -0.2) is 16.5 Å². The van der Waals surface area contributed by atoms with E-state index < -0.39 is 0 Å². The van der Waals surface area contributed by atoms with Gasteiger partial charge in [-0.25, -0.2) is 9.97 Å². The topological polar surface area (TPSA) is 63.8 Å². The van der Waals surface area contributed by atoms with E-state index in [1.807, 2.05) is 54.7 Å². The Labute approximate surface area is 117 Å². The van der Waals surface area contributed by atoms with Crippen molar-refractivity contribution in [3.63, 3.8) is 0 Å². The highest BCUT2D eigenvalue weighted by Crippen LogP contribution is 2.12. The third-order valence-corrected chi connectivity index (χ3v) is 3.17. The number of benzene rings is 2. The summed E-state index contributed by atoms with van der Waals surface area (Å²) in [5, 5.41) is 4.30. The van der Waals surface area contributed by atoms with Gasteiger partial charge in [0.1, 0.15) is 0 Å². The fraction of sp³-hybridized carbons (Fsp3) is 0.125. The minimum atomic E-state index is 0.666. The number of fused-ring (bicyclic) bond motifs is 1. The summed E-state index contributed by atoms with van der Waals surface area (Å²) >= 11 is 0. The van der Waals surface area contributed by atoms with Gasteiger partial charge in [0.25, 0.3) is 0 Å². The largest absolute Gasteiger partial charge is 0.399 e. The Hall–Kier alpha value is -2.62. The quantitative estimate of drug-likeness (QED) is 0.711. The summed E-state index contributed by atoms with van der Waals surface area (Å²) in [4.78, 5) is 8.79. The number of hydrogen-bond acceptors (Lipinski definition) is 4. The van der Waals surface area contributed by atoms with E-state index in [0.717, 1.165) is 29.6 Å². The SMILES string of the molecule is Nc1ccc(CCNc2ncc3ccccc3n2)cc1. The van der Waals surface area contributed by atoms with Crippen molar-refractivity contribution in [2.45, 2.75) is 6.42 Å². The summed E-state index contributed by atoms with van der Waals surface area (Å²) in [6.45, 7) is 0.794. The molecular formula is C16H16N4. The second kappa shape index (κ2) is 5.57. The zero-order valence-corrected chi connectivity index (χ0v) is 11.1. The lowest BCUT2D eigenvalue weighted by atomic mass is 10.1. The van der Waals surface area contributed by atoms with Crippen molar-refractivity contribution in [3.05, 3.63) is 60.3 Å². The number of nitrogen functional groups attached to an aromatic ring is 1. The van der Waals surface area contributed by atoms with Crippen molar-refractivity contribution in [3.8, 4) is 0 Å². The molecule has 2 aromatic carbocycles. The van der Waals surface area contributed by atoms with Gasteiger partial charge >= 0.3 is 0 Å². The Bertz CT molecular complexity index is 707. The van der Waals surface area contributed by atoms with Crippen LogP contribution in [0.25, 0.3) is 10.9 Å². The lowest BCUT2D eigenvalue weighted by molar-refractivity contribution is 0.991. The lowest BCUT2D eigenvalue weighted by Gasteiger charge is -2.06. The first-order valence-corrected chi connectivity index (χ1v) is 6.61. The van der Waals surface area contributed by atoms with Gasteiger partial charge in [-0.15, -0.1) is 0 Å². The number of nitrogens with zero attached hydrogens (tertiary/aromatic N) is 2. The molecule has 3 N–H and O–H groups in total. The molecule has 4 heteroatoms. The molecule has 0 aliphatic rings. The van der Waals surface area contributed by atoms with Crippen LogP contribution in [0.1, 0.15) is 5.56 Å². The molecule has 3 rings (SSSR count). The van der Waals surface area contributed by atoms with Gasteiger partial charge < -0.3 is 11.1 Å². The summed E-state index contributed by atoms with van der Waals surface area (Å²) in [6, 6.07) is 15.9. The van der Waals surface area contributed by atoms with Gasteiger partial charge in [0, 0.05) is 23.8 Å². The van der Waals surface area contributed by atoms with Crippen molar-refractivity contribution < 1.29 is 0 Å². The van der Waals surface area contributed by atoms with Crippen LogP contribution in [0.4, 0.5) is 11.6 Å². The number of anilines is 2. The number of nitrogens with two attached hydrogens (primary N) is 1. The average molecular weight is 264 g/mol. The third kappa shape index (κ3) is 2.85. The molecule has 0 spiro atoms. The molecule has 3 aromatic rings. The minimum absolute atomic E-state index is 0.666. The van der Waals surface area contributed by atoms with Crippen molar-refractivity contribution >= 4 is 22.5 Å². The molecule has 0 saturated heterocycles. The molecular weight excluding hydrogens is 248 g/mol. The summed E-state index contributed by atoms with van der Waals surface area (Å²) in [7, 11) is 0. The fourth-order valence-electron chi connectivity index (χ4n) is 2.06. The Morgan fingerprint density at radius 2 is 1.80 bits per heavy atom. The zero-order chi connectivity index (χ0) is 13.8. The molecule has 1 heterocycles. The predicted molar refractivity (Wildman–Crippen MR) is 82.6 cm³/mol. The molecule has 20 heavy (non-hydrogen) atoms. The minimum Gasteiger partial charge on any atom is -0.399 e. The third-order valence-electron chi connectivity index (χ3n) is 3.17. The number of rotatable bonds is 4. The van der Waals surface area contributed by atoms with Crippen LogP contribution < -0.4 is 11.1 Å². The van der Waals surface area contributed by atoms with Crippen LogP contribution in [0.3, 0.4) is 0 Å². The Morgan fingerprint density at radius 1 is 1.00 bits per heavy atom. The van der Waals surface area contributed by atoms with E-state index in [-0.39, 0.29) is 0 Å². The second-order valence-corrected chi connectivity index (χ2v) is 4.67. The molecule has 0 amide bonds. The van der Waals surface area contributed by atoms with Gasteiger partial charge in [-0.2, -0.15) is 0 Å². The summed E-state index contributed by atoms with van der Waals surface area (Å²) < 4.78 is 0. The van der Waals surface area contributed by atoms with Crippen molar-refractivity contribution in [1.82, 2.24) is 9.97 Å². The molecule has 0 saturated carbocycles. The molecule has 100 valence electrons. The van der Waals surface area contributed by atoms with Gasteiger partial charge in [0.2, 0.25) is 5.95 Å². The molecule has 0 radical (unpaired) electrons. The molecule has 0 unspecified atom stereocenters. The summed E-state index contributed by atoms with van der Waals surface area (Å²) in [5.74, 6) is 0.666. The van der Waals surface area contributed by atoms with E-state index in [1.165, 1.54) is 5.56 Å². The van der Waals surface area contributed by atoms with E-state index >= 15 is 0 Å². The van der Waals surface area contributed by atoms with Crippen LogP contribution in [-0.2, 0) is 6.42 Å². The molecule has 1 aromatic heterocycles. The highest BCUT2D eigenvalue weighted by Gasteiger charge is 1.99. The fourth-order valence-corrected chi connectivity index (χ4v) is 2.06. The number of aromatic nitrogens is 2. The molecule has 0 aliphatic heterocycles. The van der Waals surface area contributed by atoms with Crippen LogP contribution in [0, 0.1) is 0 Å². The standard InChI is InChI=1S/C16H16N4/c17-14-7-5-12(6-8-14)9-10-18-16-19-11-13-3-1-2-4-15(13)20-16/h1-8,11H,9-10,17H2,(H,18,19,20). The molecule has 0 aliphatic carbocycles. The Morgan fingerprint density at radius 3 is 2.65 bits per heavy atom. The van der Waals surface area contributed by atoms with Crippen molar-refractivity contribution in [2.75, 3.05) is 17.6 Å². The Balaban J connectivity index is 1.63. The molecule has 0 bridgehead atoms. The lowest BCUT2D eigenvalue weighted by Crippen LogP contribution is -2.07. The van der Waals surface area contributed by atoms with Crippen LogP contribution in [0.5, 0.6) is 0 Å². The highest BCUT2D eigenvalue weighted by molar-refractivity contribution is 5.78. The Kier molecular flexibility index (Phi) is 3.46. The maximum absolute atomic E-state index is 5.66. The normalized spacial score (nSPS) is 10.6. The molecule has 0 fully saturated rings. The van der Waals surface area contributed by atoms with E-state index in [9.17, 15) is 0 Å². The smallest absolute Gasteiger partial charge is 0.223 e. The molecule has 4 nitrogen and oxygen atoms in total. The average Bonchev–Trinajstić information content (AvgIpc) is 2.49. The van der Waals surface area contributed by atoms with E-state index in [4.69, 9.17) is 5.73 Å². The first kappa shape index (κ1) is 12.4. The van der Waals surface area contributed by atoms with Crippen LogP contribution in [0.15, 0.2) is 54.7 Å². The summed E-state index contributed by atoms with van der Waals surface area (Å²) in [5.41, 5.74) is 8.65.